The first-order chi connectivity index (χ1) is 10.0. The summed E-state index contributed by atoms with van der Waals surface area (Å²) in [6, 6.07) is 10.1. The average Bonchev–Trinajstić information content (AvgIpc) is 2.41. The van der Waals surface area contributed by atoms with Crippen molar-refractivity contribution in [2.24, 2.45) is 0 Å². The predicted octanol–water partition coefficient (Wildman–Crippen LogP) is 3.67. The number of hydrogen-bond donors (Lipinski definition) is 2. The Labute approximate surface area is 125 Å². The lowest BCUT2D eigenvalue weighted by molar-refractivity contribution is -0.115. The van der Waals surface area contributed by atoms with Gasteiger partial charge in [-0.15, -0.1) is 11.8 Å². The van der Waals surface area contributed by atoms with Crippen LogP contribution >= 0.6 is 11.8 Å². The molecule has 0 aromatic heterocycles. The highest BCUT2D eigenvalue weighted by atomic mass is 32.2. The van der Waals surface area contributed by atoms with E-state index >= 15 is 0 Å². The Morgan fingerprint density at radius 1 is 1.19 bits per heavy atom. The van der Waals surface area contributed by atoms with Gasteiger partial charge in [0.15, 0.2) is 0 Å². The van der Waals surface area contributed by atoms with Crippen molar-refractivity contribution in [1.29, 1.82) is 0 Å². The van der Waals surface area contributed by atoms with Crippen LogP contribution in [0.1, 0.15) is 6.42 Å². The minimum Gasteiger partial charge on any atom is -0.399 e. The number of benzene rings is 2. The zero-order valence-electron chi connectivity index (χ0n) is 11.1. The number of hydrogen-bond acceptors (Lipinski definition) is 3. The van der Waals surface area contributed by atoms with Crippen LogP contribution in [0.4, 0.5) is 20.2 Å². The van der Waals surface area contributed by atoms with Gasteiger partial charge < -0.3 is 11.1 Å². The molecule has 3 nitrogen and oxygen atoms in total. The molecule has 0 fully saturated rings. The number of halogens is 2. The molecule has 0 unspecified atom stereocenters. The van der Waals surface area contributed by atoms with Crippen LogP contribution < -0.4 is 11.1 Å². The van der Waals surface area contributed by atoms with Gasteiger partial charge in [0.25, 0.3) is 0 Å². The molecule has 0 bridgehead atoms. The fourth-order valence-electron chi connectivity index (χ4n) is 1.68. The minimum absolute atomic E-state index is 0.199. The van der Waals surface area contributed by atoms with Gasteiger partial charge in [-0.2, -0.15) is 0 Å². The largest absolute Gasteiger partial charge is 0.399 e. The highest BCUT2D eigenvalue weighted by Gasteiger charge is 2.06. The van der Waals surface area contributed by atoms with E-state index in [1.807, 2.05) is 0 Å². The summed E-state index contributed by atoms with van der Waals surface area (Å²) in [5.41, 5.74) is 6.23. The van der Waals surface area contributed by atoms with Crippen molar-refractivity contribution in [2.45, 2.75) is 11.3 Å². The molecule has 6 heteroatoms. The Balaban J connectivity index is 1.81. The third-order valence-electron chi connectivity index (χ3n) is 2.65. The molecule has 110 valence electrons. The summed E-state index contributed by atoms with van der Waals surface area (Å²) in [6.45, 7) is 0. The third kappa shape index (κ3) is 4.75. The topological polar surface area (TPSA) is 55.1 Å². The van der Waals surface area contributed by atoms with Gasteiger partial charge in [0.05, 0.1) is 0 Å². The molecule has 0 spiro atoms. The van der Waals surface area contributed by atoms with E-state index in [-0.39, 0.29) is 12.3 Å². The second-order valence-electron chi connectivity index (χ2n) is 4.35. The number of nitrogen functional groups attached to an aromatic ring is 1. The zero-order chi connectivity index (χ0) is 15.2. The van der Waals surface area contributed by atoms with E-state index in [9.17, 15) is 13.6 Å². The van der Waals surface area contributed by atoms with Gasteiger partial charge in [-0.25, -0.2) is 8.78 Å². The number of thioether (sulfide) groups is 1. The molecule has 0 aliphatic rings. The summed E-state index contributed by atoms with van der Waals surface area (Å²) in [5, 5.41) is 2.59. The van der Waals surface area contributed by atoms with Gasteiger partial charge in [-0.3, -0.25) is 4.79 Å². The summed E-state index contributed by atoms with van der Waals surface area (Å²) < 4.78 is 26.5. The summed E-state index contributed by atoms with van der Waals surface area (Å²) in [6.07, 6.45) is 0.199. The molecule has 2 aromatic rings. The highest BCUT2D eigenvalue weighted by molar-refractivity contribution is 7.99. The maximum absolute atomic E-state index is 13.5. The first kappa shape index (κ1) is 15.3. The first-order valence-electron chi connectivity index (χ1n) is 6.28. The van der Waals surface area contributed by atoms with Crippen LogP contribution in [0.25, 0.3) is 0 Å². The molecule has 0 saturated carbocycles. The van der Waals surface area contributed by atoms with Crippen molar-refractivity contribution >= 4 is 29.0 Å². The van der Waals surface area contributed by atoms with Crippen molar-refractivity contribution in [1.82, 2.24) is 0 Å². The second kappa shape index (κ2) is 7.08. The van der Waals surface area contributed by atoms with Crippen LogP contribution in [0.3, 0.4) is 0 Å². The van der Waals surface area contributed by atoms with E-state index in [0.717, 1.165) is 0 Å². The normalized spacial score (nSPS) is 10.4. The molecule has 0 aliphatic carbocycles. The van der Waals surface area contributed by atoms with E-state index in [1.54, 1.807) is 18.2 Å². The van der Waals surface area contributed by atoms with Gasteiger partial charge in [0, 0.05) is 28.4 Å². The van der Waals surface area contributed by atoms with Crippen LogP contribution in [-0.4, -0.2) is 11.7 Å². The van der Waals surface area contributed by atoms with Gasteiger partial charge >= 0.3 is 0 Å². The fourth-order valence-corrected chi connectivity index (χ4v) is 2.55. The number of anilines is 2. The maximum atomic E-state index is 13.5. The van der Waals surface area contributed by atoms with E-state index < -0.39 is 11.6 Å². The number of carbonyl (C=O) groups excluding carboxylic acids is 1. The summed E-state index contributed by atoms with van der Waals surface area (Å²) in [5.74, 6) is -0.636. The fraction of sp³-hybridized carbons (Fsp3) is 0.133. The number of nitrogens with two attached hydrogens (primary N) is 1. The average molecular weight is 308 g/mol. The number of amides is 1. The molecule has 21 heavy (non-hydrogen) atoms. The quantitative estimate of drug-likeness (QED) is 0.654. The molecule has 0 radical (unpaired) electrons. The Kier molecular flexibility index (Phi) is 5.16. The van der Waals surface area contributed by atoms with E-state index in [4.69, 9.17) is 5.73 Å². The summed E-state index contributed by atoms with van der Waals surface area (Å²) in [7, 11) is 0. The van der Waals surface area contributed by atoms with Crippen LogP contribution in [-0.2, 0) is 4.79 Å². The molecular formula is C15H14F2N2OS. The second-order valence-corrected chi connectivity index (χ2v) is 5.48. The zero-order valence-corrected chi connectivity index (χ0v) is 11.9. The van der Waals surface area contributed by atoms with E-state index in [2.05, 4.69) is 5.32 Å². The van der Waals surface area contributed by atoms with Gasteiger partial charge in [0.2, 0.25) is 5.91 Å². The number of rotatable bonds is 5. The Bertz CT molecular complexity index is 649. The number of nitrogens with one attached hydrogen (secondary N) is 1. The first-order valence-corrected chi connectivity index (χ1v) is 7.26. The molecular weight excluding hydrogens is 294 g/mol. The monoisotopic (exact) mass is 308 g/mol. The predicted molar refractivity (Wildman–Crippen MR) is 81.2 cm³/mol. The van der Waals surface area contributed by atoms with Crippen molar-refractivity contribution in [2.75, 3.05) is 16.8 Å². The molecule has 3 N–H and O–H groups in total. The molecule has 0 saturated heterocycles. The van der Waals surface area contributed by atoms with Crippen LogP contribution in [0, 0.1) is 11.6 Å². The molecule has 2 rings (SSSR count). The lowest BCUT2D eigenvalue weighted by Crippen LogP contribution is -2.12. The molecule has 0 atom stereocenters. The maximum Gasteiger partial charge on any atom is 0.225 e. The van der Waals surface area contributed by atoms with Crippen LogP contribution in [0.15, 0.2) is 47.4 Å². The molecule has 0 aliphatic heterocycles. The highest BCUT2D eigenvalue weighted by Crippen LogP contribution is 2.24. The summed E-state index contributed by atoms with van der Waals surface area (Å²) in [4.78, 5) is 12.1. The molecule has 1 amide bonds. The van der Waals surface area contributed by atoms with Crippen molar-refractivity contribution < 1.29 is 13.6 Å². The third-order valence-corrected chi connectivity index (χ3v) is 3.70. The Morgan fingerprint density at radius 2 is 2.00 bits per heavy atom. The van der Waals surface area contributed by atoms with E-state index in [1.165, 1.54) is 36.0 Å². The summed E-state index contributed by atoms with van der Waals surface area (Å²) >= 11 is 1.23. The van der Waals surface area contributed by atoms with Crippen LogP contribution in [0.2, 0.25) is 0 Å². The van der Waals surface area contributed by atoms with Crippen LogP contribution in [0.5, 0.6) is 0 Å². The minimum atomic E-state index is -0.411. The SMILES string of the molecule is Nc1ccc(SCCC(=O)Nc2cccc(F)c2)c(F)c1. The van der Waals surface area contributed by atoms with Crippen molar-refractivity contribution in [3.63, 3.8) is 0 Å². The van der Waals surface area contributed by atoms with Gasteiger partial charge in [-0.1, -0.05) is 6.07 Å². The lowest BCUT2D eigenvalue weighted by Gasteiger charge is -2.06. The van der Waals surface area contributed by atoms with E-state index in [0.29, 0.717) is 22.0 Å². The number of carbonyl (C=O) groups is 1. The van der Waals surface area contributed by atoms with Crippen molar-refractivity contribution in [3.05, 3.63) is 54.1 Å². The Hall–Kier alpha value is -2.08. The smallest absolute Gasteiger partial charge is 0.225 e. The molecule has 2 aromatic carbocycles. The Morgan fingerprint density at radius 3 is 2.71 bits per heavy atom. The van der Waals surface area contributed by atoms with Gasteiger partial charge in [0.1, 0.15) is 11.6 Å². The molecule has 0 heterocycles. The standard InChI is InChI=1S/C15H14F2N2OS/c16-10-2-1-3-12(8-10)19-15(20)6-7-21-14-5-4-11(18)9-13(14)17/h1-5,8-9H,6-7,18H2,(H,19,20). The van der Waals surface area contributed by atoms with Gasteiger partial charge in [-0.05, 0) is 36.4 Å². The lowest BCUT2D eigenvalue weighted by atomic mass is 10.3. The van der Waals surface area contributed by atoms with Crippen molar-refractivity contribution in [3.8, 4) is 0 Å².